The third-order valence-electron chi connectivity index (χ3n) is 3.60. The summed E-state index contributed by atoms with van der Waals surface area (Å²) in [5, 5.41) is 4.09. The quantitative estimate of drug-likeness (QED) is 0.926. The maximum Gasteiger partial charge on any atom is 0.240 e. The first kappa shape index (κ1) is 13.1. The summed E-state index contributed by atoms with van der Waals surface area (Å²) < 4.78 is 5.13. The van der Waals surface area contributed by atoms with Gasteiger partial charge in [0.05, 0.1) is 12.0 Å². The molecule has 0 aliphatic heterocycles. The summed E-state index contributed by atoms with van der Waals surface area (Å²) >= 11 is 0. The molecule has 1 aliphatic carbocycles. The highest BCUT2D eigenvalue weighted by Crippen LogP contribution is 2.47. The number of nitrogens with zero attached hydrogens (tertiary/aromatic N) is 2. The molecule has 1 aromatic carbocycles. The Bertz CT molecular complexity index is 508. The van der Waals surface area contributed by atoms with E-state index >= 15 is 0 Å². The molecule has 0 radical (unpaired) electrons. The highest BCUT2D eigenvalue weighted by Gasteiger charge is 2.44. The normalized spacial score (nSPS) is 16.7. The lowest BCUT2D eigenvalue weighted by Crippen LogP contribution is -2.36. The average Bonchev–Trinajstić information content (AvgIpc) is 2.78. The van der Waals surface area contributed by atoms with Crippen LogP contribution >= 0.6 is 12.4 Å². The van der Waals surface area contributed by atoms with Crippen LogP contribution in [0.4, 0.5) is 0 Å². The maximum atomic E-state index is 5.51. The number of benzene rings is 1. The first-order chi connectivity index (χ1) is 8.35. The van der Waals surface area contributed by atoms with Crippen molar-refractivity contribution in [3.05, 3.63) is 47.6 Å². The summed E-state index contributed by atoms with van der Waals surface area (Å²) in [7, 11) is 0. The first-order valence-electron chi connectivity index (χ1n) is 5.94. The van der Waals surface area contributed by atoms with Crippen molar-refractivity contribution in [1.82, 2.24) is 10.1 Å². The van der Waals surface area contributed by atoms with Crippen LogP contribution in [0.25, 0.3) is 0 Å². The van der Waals surface area contributed by atoms with Crippen LogP contribution in [0.15, 0.2) is 34.9 Å². The highest BCUT2D eigenvalue weighted by molar-refractivity contribution is 5.85. The molecular weight excluding hydrogens is 250 g/mol. The van der Waals surface area contributed by atoms with Gasteiger partial charge in [-0.25, -0.2) is 0 Å². The van der Waals surface area contributed by atoms with Crippen LogP contribution in [-0.2, 0) is 12.0 Å². The highest BCUT2D eigenvalue weighted by atomic mass is 35.5. The number of hydrogen-bond acceptors (Lipinski definition) is 4. The van der Waals surface area contributed by atoms with Crippen LogP contribution < -0.4 is 5.73 Å². The van der Waals surface area contributed by atoms with Crippen molar-refractivity contribution in [1.29, 1.82) is 0 Å². The zero-order valence-electron chi connectivity index (χ0n) is 10.0. The Balaban J connectivity index is 0.00000120. The van der Waals surface area contributed by atoms with E-state index in [0.717, 1.165) is 18.7 Å². The lowest BCUT2D eigenvalue weighted by molar-refractivity contribution is 0.271. The van der Waals surface area contributed by atoms with Crippen LogP contribution in [0.1, 0.15) is 36.5 Å². The second-order valence-electron chi connectivity index (χ2n) is 4.52. The predicted octanol–water partition coefficient (Wildman–Crippen LogP) is 2.42. The van der Waals surface area contributed by atoms with Crippen molar-refractivity contribution >= 4 is 12.4 Å². The van der Waals surface area contributed by atoms with E-state index in [4.69, 9.17) is 10.3 Å². The molecule has 1 aliphatic rings. The molecule has 0 saturated heterocycles. The van der Waals surface area contributed by atoms with E-state index in [9.17, 15) is 0 Å². The van der Waals surface area contributed by atoms with E-state index in [1.807, 2.05) is 6.07 Å². The smallest absolute Gasteiger partial charge is 0.240 e. The molecule has 5 heteroatoms. The minimum Gasteiger partial charge on any atom is -0.338 e. The van der Waals surface area contributed by atoms with Crippen molar-refractivity contribution in [3.8, 4) is 0 Å². The first-order valence-corrected chi connectivity index (χ1v) is 5.94. The Morgan fingerprint density at radius 2 is 1.94 bits per heavy atom. The second kappa shape index (κ2) is 5.08. The third kappa shape index (κ3) is 1.91. The second-order valence-corrected chi connectivity index (χ2v) is 4.52. The van der Waals surface area contributed by atoms with Crippen molar-refractivity contribution in [2.75, 3.05) is 0 Å². The van der Waals surface area contributed by atoms with Gasteiger partial charge in [0.1, 0.15) is 0 Å². The van der Waals surface area contributed by atoms with Crippen LogP contribution in [0.5, 0.6) is 0 Å². The van der Waals surface area contributed by atoms with Gasteiger partial charge >= 0.3 is 0 Å². The molecule has 1 saturated carbocycles. The molecule has 18 heavy (non-hydrogen) atoms. The largest absolute Gasteiger partial charge is 0.338 e. The summed E-state index contributed by atoms with van der Waals surface area (Å²) in [6, 6.07) is 10.4. The molecule has 96 valence electrons. The van der Waals surface area contributed by atoms with Gasteiger partial charge in [0.2, 0.25) is 5.89 Å². The summed E-state index contributed by atoms with van der Waals surface area (Å²) in [4.78, 5) is 4.40. The summed E-state index contributed by atoms with van der Waals surface area (Å²) in [6.45, 7) is 0.303. The number of halogens is 1. The minimum absolute atomic E-state index is 0. The number of rotatable bonds is 3. The van der Waals surface area contributed by atoms with Crippen molar-refractivity contribution < 1.29 is 4.52 Å². The monoisotopic (exact) mass is 265 g/mol. The molecule has 3 rings (SSSR count). The van der Waals surface area contributed by atoms with Gasteiger partial charge in [-0.1, -0.05) is 41.9 Å². The standard InChI is InChI=1S/C13H15N3O.ClH/c14-9-11-15-12(16-17-11)13(7-4-8-13)10-5-2-1-3-6-10;/h1-3,5-6H,4,7-9,14H2;1H. The maximum absolute atomic E-state index is 5.51. The topological polar surface area (TPSA) is 64.9 Å². The molecule has 1 aromatic heterocycles. The molecule has 2 aromatic rings. The Hall–Kier alpha value is -1.39. The molecule has 2 N–H and O–H groups in total. The molecular formula is C13H16ClN3O. The molecule has 0 bridgehead atoms. The molecule has 1 fully saturated rings. The molecule has 0 unspecified atom stereocenters. The van der Waals surface area contributed by atoms with Gasteiger partial charge < -0.3 is 10.3 Å². The predicted molar refractivity (Wildman–Crippen MR) is 70.5 cm³/mol. The van der Waals surface area contributed by atoms with Gasteiger partial charge in [0, 0.05) is 0 Å². The molecule has 4 nitrogen and oxygen atoms in total. The van der Waals surface area contributed by atoms with Crippen LogP contribution in [0.2, 0.25) is 0 Å². The molecule has 0 spiro atoms. The van der Waals surface area contributed by atoms with Gasteiger partial charge in [-0.3, -0.25) is 0 Å². The van der Waals surface area contributed by atoms with Gasteiger partial charge in [-0.05, 0) is 18.4 Å². The molecule has 0 amide bonds. The van der Waals surface area contributed by atoms with Crippen LogP contribution in [-0.4, -0.2) is 10.1 Å². The fourth-order valence-electron chi connectivity index (χ4n) is 2.46. The molecule has 0 atom stereocenters. The van der Waals surface area contributed by atoms with E-state index in [0.29, 0.717) is 12.4 Å². The zero-order chi connectivity index (χ0) is 11.7. The van der Waals surface area contributed by atoms with Crippen molar-refractivity contribution in [2.45, 2.75) is 31.2 Å². The van der Waals surface area contributed by atoms with E-state index < -0.39 is 0 Å². The van der Waals surface area contributed by atoms with E-state index in [2.05, 4.69) is 34.4 Å². The Morgan fingerprint density at radius 3 is 2.44 bits per heavy atom. The van der Waals surface area contributed by atoms with E-state index in [1.54, 1.807) is 0 Å². The fraction of sp³-hybridized carbons (Fsp3) is 0.385. The number of nitrogens with two attached hydrogens (primary N) is 1. The number of hydrogen-bond donors (Lipinski definition) is 1. The van der Waals surface area contributed by atoms with E-state index in [-0.39, 0.29) is 17.8 Å². The zero-order valence-corrected chi connectivity index (χ0v) is 10.8. The fourth-order valence-corrected chi connectivity index (χ4v) is 2.46. The number of aromatic nitrogens is 2. The van der Waals surface area contributed by atoms with Gasteiger partial charge in [-0.15, -0.1) is 12.4 Å². The SMILES string of the molecule is Cl.NCc1nc(C2(c3ccccc3)CCC2)no1. The Morgan fingerprint density at radius 1 is 1.22 bits per heavy atom. The van der Waals surface area contributed by atoms with Crippen molar-refractivity contribution in [3.63, 3.8) is 0 Å². The van der Waals surface area contributed by atoms with E-state index in [1.165, 1.54) is 12.0 Å². The molecule has 1 heterocycles. The summed E-state index contributed by atoms with van der Waals surface area (Å²) in [5.41, 5.74) is 6.74. The lowest BCUT2D eigenvalue weighted by atomic mass is 9.64. The summed E-state index contributed by atoms with van der Waals surface area (Å²) in [6.07, 6.45) is 3.38. The average molecular weight is 266 g/mol. The van der Waals surface area contributed by atoms with Crippen LogP contribution in [0, 0.1) is 0 Å². The summed E-state index contributed by atoms with van der Waals surface area (Å²) in [5.74, 6) is 1.30. The van der Waals surface area contributed by atoms with Gasteiger partial charge in [-0.2, -0.15) is 4.98 Å². The van der Waals surface area contributed by atoms with Gasteiger partial charge in [0.25, 0.3) is 0 Å². The Kier molecular flexibility index (Phi) is 3.68. The minimum atomic E-state index is -0.0435. The third-order valence-corrected chi connectivity index (χ3v) is 3.60. The Labute approximate surface area is 112 Å². The van der Waals surface area contributed by atoms with Crippen LogP contribution in [0.3, 0.4) is 0 Å². The van der Waals surface area contributed by atoms with Crippen molar-refractivity contribution in [2.24, 2.45) is 5.73 Å². The lowest BCUT2D eigenvalue weighted by Gasteiger charge is -2.39. The van der Waals surface area contributed by atoms with Gasteiger partial charge in [0.15, 0.2) is 5.82 Å².